The van der Waals surface area contributed by atoms with Crippen LogP contribution in [0.4, 0.5) is 0 Å². The summed E-state index contributed by atoms with van der Waals surface area (Å²) in [5, 5.41) is 0. The van der Waals surface area contributed by atoms with Crippen LogP contribution in [0.5, 0.6) is 0 Å². The molecule has 1 spiro atoms. The summed E-state index contributed by atoms with van der Waals surface area (Å²) in [6, 6.07) is 0. The summed E-state index contributed by atoms with van der Waals surface area (Å²) in [5.41, 5.74) is 8.96. The molecule has 7 rings (SSSR count). The van der Waals surface area contributed by atoms with Crippen molar-refractivity contribution >= 4 is 5.78 Å². The SMILES string of the molecule is C=C1CC[C@]2(O1)[C@H]1C[C@H]1[C@H]1[C@@H]3[C@H]4C[C@H]4C4=C(N)C(=O)CC[C@@H]4[C@H]3CC[C@@]12CC. The van der Waals surface area contributed by atoms with Crippen LogP contribution in [-0.4, -0.2) is 11.4 Å². The molecule has 1 saturated heterocycles. The van der Waals surface area contributed by atoms with E-state index in [1.807, 2.05) is 0 Å². The highest BCUT2D eigenvalue weighted by Gasteiger charge is 2.80. The van der Waals surface area contributed by atoms with Crippen LogP contribution in [-0.2, 0) is 9.53 Å². The molecule has 0 aromatic rings. The summed E-state index contributed by atoms with van der Waals surface area (Å²) in [5.74, 6) is 7.50. The van der Waals surface area contributed by atoms with Crippen molar-refractivity contribution in [3.63, 3.8) is 0 Å². The van der Waals surface area contributed by atoms with Crippen LogP contribution in [0.1, 0.15) is 64.7 Å². The van der Waals surface area contributed by atoms with E-state index >= 15 is 0 Å². The molecule has 0 bridgehead atoms. The molecule has 0 aromatic carbocycles. The maximum atomic E-state index is 12.3. The second kappa shape index (κ2) is 4.90. The fourth-order valence-corrected chi connectivity index (χ4v) is 10.0. The molecule has 5 saturated carbocycles. The average molecular weight is 380 g/mol. The van der Waals surface area contributed by atoms with Crippen molar-refractivity contribution in [3.8, 4) is 0 Å². The van der Waals surface area contributed by atoms with Crippen LogP contribution >= 0.6 is 0 Å². The van der Waals surface area contributed by atoms with Crippen molar-refractivity contribution in [3.05, 3.63) is 23.6 Å². The lowest BCUT2D eigenvalue weighted by molar-refractivity contribution is -0.149. The highest BCUT2D eigenvalue weighted by molar-refractivity contribution is 5.96. The van der Waals surface area contributed by atoms with Crippen molar-refractivity contribution < 1.29 is 9.53 Å². The first kappa shape index (κ1) is 16.5. The second-order valence-electron chi connectivity index (χ2n) is 11.3. The summed E-state index contributed by atoms with van der Waals surface area (Å²) in [6.07, 6.45) is 10.7. The Bertz CT molecular complexity index is 843. The number of ether oxygens (including phenoxy) is 1. The van der Waals surface area contributed by atoms with Gasteiger partial charge in [0.2, 0.25) is 0 Å². The van der Waals surface area contributed by atoms with Gasteiger partial charge in [-0.1, -0.05) is 13.5 Å². The van der Waals surface area contributed by atoms with E-state index in [2.05, 4.69) is 13.5 Å². The molecule has 1 aliphatic heterocycles. The predicted molar refractivity (Wildman–Crippen MR) is 107 cm³/mol. The molecule has 0 aromatic heterocycles. The van der Waals surface area contributed by atoms with Crippen molar-refractivity contribution in [1.29, 1.82) is 0 Å². The van der Waals surface area contributed by atoms with Gasteiger partial charge in [0.1, 0.15) is 5.60 Å². The summed E-state index contributed by atoms with van der Waals surface area (Å²) >= 11 is 0. The van der Waals surface area contributed by atoms with Gasteiger partial charge in [-0.25, -0.2) is 0 Å². The Labute approximate surface area is 168 Å². The lowest BCUT2D eigenvalue weighted by Gasteiger charge is -2.58. The Hall–Kier alpha value is -1.25. The monoisotopic (exact) mass is 379 g/mol. The normalized spacial score (nSPS) is 57.9. The molecule has 6 aliphatic carbocycles. The second-order valence-corrected chi connectivity index (χ2v) is 11.3. The molecule has 6 fully saturated rings. The van der Waals surface area contributed by atoms with Crippen molar-refractivity contribution in [2.45, 2.75) is 70.3 Å². The maximum Gasteiger partial charge on any atom is 0.178 e. The lowest BCUT2D eigenvalue weighted by atomic mass is 9.47. The van der Waals surface area contributed by atoms with Gasteiger partial charge >= 0.3 is 0 Å². The third-order valence-corrected chi connectivity index (χ3v) is 10.9. The third-order valence-electron chi connectivity index (χ3n) is 10.9. The number of carbonyl (C=O) groups is 1. The van der Waals surface area contributed by atoms with Crippen LogP contribution < -0.4 is 5.73 Å². The van der Waals surface area contributed by atoms with Crippen LogP contribution in [0.15, 0.2) is 23.6 Å². The largest absolute Gasteiger partial charge is 0.491 e. The first-order valence-corrected chi connectivity index (χ1v) is 11.9. The minimum absolute atomic E-state index is 0.112. The van der Waals surface area contributed by atoms with E-state index in [1.165, 1.54) is 44.1 Å². The first-order chi connectivity index (χ1) is 13.5. The van der Waals surface area contributed by atoms with Crippen molar-refractivity contribution in [2.75, 3.05) is 0 Å². The van der Waals surface area contributed by atoms with E-state index in [9.17, 15) is 4.79 Å². The minimum Gasteiger partial charge on any atom is -0.491 e. The van der Waals surface area contributed by atoms with Crippen LogP contribution in [0.3, 0.4) is 0 Å². The minimum atomic E-state index is 0.112. The first-order valence-electron chi connectivity index (χ1n) is 11.9. The molecule has 7 aliphatic rings. The molecular formula is C25H33NO2. The van der Waals surface area contributed by atoms with Gasteiger partial charge in [-0.05, 0) is 91.9 Å². The Balaban J connectivity index is 1.33. The Morgan fingerprint density at radius 2 is 1.96 bits per heavy atom. The van der Waals surface area contributed by atoms with E-state index < -0.39 is 0 Å². The van der Waals surface area contributed by atoms with Crippen molar-refractivity contribution in [2.24, 2.45) is 58.5 Å². The van der Waals surface area contributed by atoms with Gasteiger partial charge in [0, 0.05) is 24.2 Å². The highest BCUT2D eigenvalue weighted by atomic mass is 16.5. The summed E-state index contributed by atoms with van der Waals surface area (Å²) in [6.45, 7) is 6.67. The van der Waals surface area contributed by atoms with Gasteiger partial charge in [0.15, 0.2) is 5.78 Å². The fourth-order valence-electron chi connectivity index (χ4n) is 10.0. The number of allylic oxidation sites excluding steroid dienone is 2. The van der Waals surface area contributed by atoms with E-state index in [-0.39, 0.29) is 11.4 Å². The van der Waals surface area contributed by atoms with Gasteiger partial charge < -0.3 is 10.5 Å². The quantitative estimate of drug-likeness (QED) is 0.725. The lowest BCUT2D eigenvalue weighted by Crippen LogP contribution is -2.56. The summed E-state index contributed by atoms with van der Waals surface area (Å²) in [7, 11) is 0. The number of nitrogens with two attached hydrogens (primary N) is 1. The number of hydrogen-bond donors (Lipinski definition) is 1. The molecule has 2 N–H and O–H groups in total. The zero-order valence-corrected chi connectivity index (χ0v) is 17.1. The van der Waals surface area contributed by atoms with Gasteiger partial charge in [-0.15, -0.1) is 0 Å². The number of rotatable bonds is 1. The van der Waals surface area contributed by atoms with E-state index in [4.69, 9.17) is 10.5 Å². The van der Waals surface area contributed by atoms with Gasteiger partial charge in [0.25, 0.3) is 0 Å². The standard InChI is InChI=1S/C25H33NO2/c1-3-24-8-7-14-13-4-5-19(27)23(26)21(13)16-10-15(16)20(14)22(24)17-11-18(17)25(24)9-6-12(2)28-25/h13-18,20,22H,2-11,26H2,1H3/t13-,14-,15+,16-,17-,18+,20+,22+,24+,25+/m1/s1. The molecule has 3 heteroatoms. The topological polar surface area (TPSA) is 52.3 Å². The number of hydrogen-bond acceptors (Lipinski definition) is 3. The highest BCUT2D eigenvalue weighted by Crippen LogP contribution is 2.82. The summed E-state index contributed by atoms with van der Waals surface area (Å²) in [4.78, 5) is 12.3. The average Bonchev–Trinajstić information content (AvgIpc) is 3.60. The molecule has 0 unspecified atom stereocenters. The number of ketones is 1. The Morgan fingerprint density at radius 1 is 1.11 bits per heavy atom. The van der Waals surface area contributed by atoms with E-state index in [0.717, 1.165) is 54.1 Å². The fraction of sp³-hybridized carbons (Fsp3) is 0.800. The molecule has 28 heavy (non-hydrogen) atoms. The predicted octanol–water partition coefficient (Wildman–Crippen LogP) is 4.58. The van der Waals surface area contributed by atoms with E-state index in [1.54, 1.807) is 0 Å². The molecule has 1 heterocycles. The molecule has 150 valence electrons. The number of fused-ring (bicyclic) bond motifs is 12. The van der Waals surface area contributed by atoms with Crippen LogP contribution in [0.2, 0.25) is 0 Å². The van der Waals surface area contributed by atoms with Crippen molar-refractivity contribution in [1.82, 2.24) is 0 Å². The smallest absolute Gasteiger partial charge is 0.178 e. The van der Waals surface area contributed by atoms with E-state index in [0.29, 0.717) is 29.4 Å². The zero-order valence-electron chi connectivity index (χ0n) is 17.1. The van der Waals surface area contributed by atoms with Crippen LogP contribution in [0.25, 0.3) is 0 Å². The number of Topliss-reactive ketones (excluding diaryl/α,β-unsaturated/α-hetero) is 1. The number of carbonyl (C=O) groups excluding carboxylic acids is 1. The Morgan fingerprint density at radius 3 is 2.71 bits per heavy atom. The summed E-state index contributed by atoms with van der Waals surface area (Å²) < 4.78 is 6.73. The third kappa shape index (κ3) is 1.62. The molecule has 3 nitrogen and oxygen atoms in total. The van der Waals surface area contributed by atoms with Gasteiger partial charge in [-0.3, -0.25) is 4.79 Å². The molecular weight excluding hydrogens is 346 g/mol. The van der Waals surface area contributed by atoms with Gasteiger partial charge in [-0.2, -0.15) is 0 Å². The molecule has 10 atom stereocenters. The van der Waals surface area contributed by atoms with Crippen LogP contribution in [0, 0.1) is 52.8 Å². The zero-order chi connectivity index (χ0) is 19.0. The van der Waals surface area contributed by atoms with Gasteiger partial charge in [0.05, 0.1) is 11.5 Å². The maximum absolute atomic E-state index is 12.3. The molecule has 0 radical (unpaired) electrons. The molecule has 0 amide bonds. The Kier molecular flexibility index (Phi) is 2.89.